The SMILES string of the molecule is Cc1ccc(C=NNC(=O)c2ccc(OCCC(C)C)cc2)c(C)c1. The molecule has 0 spiro atoms. The van der Waals surface area contributed by atoms with E-state index >= 15 is 0 Å². The summed E-state index contributed by atoms with van der Waals surface area (Å²) in [6.45, 7) is 9.08. The van der Waals surface area contributed by atoms with E-state index < -0.39 is 0 Å². The minimum atomic E-state index is -0.241. The van der Waals surface area contributed by atoms with Crippen LogP contribution >= 0.6 is 0 Å². The van der Waals surface area contributed by atoms with Gasteiger partial charge in [0.15, 0.2) is 0 Å². The van der Waals surface area contributed by atoms with Crippen LogP contribution < -0.4 is 10.2 Å². The number of aryl methyl sites for hydroxylation is 2. The Balaban J connectivity index is 1.89. The Hall–Kier alpha value is -2.62. The second-order valence-electron chi connectivity index (χ2n) is 6.61. The number of nitrogens with zero attached hydrogens (tertiary/aromatic N) is 1. The summed E-state index contributed by atoms with van der Waals surface area (Å²) in [4.78, 5) is 12.1. The van der Waals surface area contributed by atoms with Gasteiger partial charge in [0, 0.05) is 5.56 Å². The maximum atomic E-state index is 12.1. The van der Waals surface area contributed by atoms with Gasteiger partial charge in [-0.2, -0.15) is 5.10 Å². The van der Waals surface area contributed by atoms with Crippen LogP contribution in [0.5, 0.6) is 5.75 Å². The highest BCUT2D eigenvalue weighted by atomic mass is 16.5. The molecule has 2 rings (SSSR count). The molecular weight excluding hydrogens is 312 g/mol. The molecule has 4 heteroatoms. The minimum Gasteiger partial charge on any atom is -0.494 e. The largest absolute Gasteiger partial charge is 0.494 e. The lowest BCUT2D eigenvalue weighted by Gasteiger charge is -2.08. The van der Waals surface area contributed by atoms with Crippen LogP contribution in [0.4, 0.5) is 0 Å². The Kier molecular flexibility index (Phi) is 6.75. The number of hydrogen-bond acceptors (Lipinski definition) is 3. The van der Waals surface area contributed by atoms with Crippen molar-refractivity contribution in [3.05, 3.63) is 64.7 Å². The molecule has 132 valence electrons. The maximum Gasteiger partial charge on any atom is 0.271 e. The van der Waals surface area contributed by atoms with Crippen LogP contribution in [0.3, 0.4) is 0 Å². The number of carbonyl (C=O) groups is 1. The van der Waals surface area contributed by atoms with Gasteiger partial charge in [-0.3, -0.25) is 4.79 Å². The zero-order valence-electron chi connectivity index (χ0n) is 15.4. The van der Waals surface area contributed by atoms with Crippen molar-refractivity contribution in [3.63, 3.8) is 0 Å². The zero-order valence-corrected chi connectivity index (χ0v) is 15.4. The highest BCUT2D eigenvalue weighted by molar-refractivity contribution is 5.95. The van der Waals surface area contributed by atoms with E-state index in [0.717, 1.165) is 23.3 Å². The van der Waals surface area contributed by atoms with E-state index in [9.17, 15) is 4.79 Å². The van der Waals surface area contributed by atoms with Crippen molar-refractivity contribution >= 4 is 12.1 Å². The van der Waals surface area contributed by atoms with Gasteiger partial charge in [-0.05, 0) is 61.6 Å². The molecule has 1 amide bonds. The Morgan fingerprint density at radius 2 is 1.88 bits per heavy atom. The third kappa shape index (κ3) is 6.07. The molecule has 4 nitrogen and oxygen atoms in total. The molecule has 0 atom stereocenters. The first-order valence-electron chi connectivity index (χ1n) is 8.59. The van der Waals surface area contributed by atoms with Crippen molar-refractivity contribution in [1.82, 2.24) is 5.43 Å². The Morgan fingerprint density at radius 3 is 2.52 bits per heavy atom. The number of rotatable bonds is 7. The quantitative estimate of drug-likeness (QED) is 0.597. The number of ether oxygens (including phenoxy) is 1. The van der Waals surface area contributed by atoms with Crippen molar-refractivity contribution in [2.45, 2.75) is 34.1 Å². The van der Waals surface area contributed by atoms with Crippen molar-refractivity contribution in [1.29, 1.82) is 0 Å². The van der Waals surface area contributed by atoms with E-state index in [4.69, 9.17) is 4.74 Å². The summed E-state index contributed by atoms with van der Waals surface area (Å²) in [7, 11) is 0. The number of hydrazone groups is 1. The van der Waals surface area contributed by atoms with Gasteiger partial charge in [0.2, 0.25) is 0 Å². The molecule has 25 heavy (non-hydrogen) atoms. The summed E-state index contributed by atoms with van der Waals surface area (Å²) >= 11 is 0. The molecular formula is C21H26N2O2. The third-order valence-corrected chi connectivity index (χ3v) is 3.88. The predicted octanol–water partition coefficient (Wildman–Crippen LogP) is 4.49. The topological polar surface area (TPSA) is 50.7 Å². The fraction of sp³-hybridized carbons (Fsp3) is 0.333. The Bertz CT molecular complexity index is 734. The molecule has 0 radical (unpaired) electrons. The van der Waals surface area contributed by atoms with Gasteiger partial charge in [-0.25, -0.2) is 5.43 Å². The van der Waals surface area contributed by atoms with Crippen LogP contribution in [0.25, 0.3) is 0 Å². The first kappa shape index (κ1) is 18.7. The zero-order chi connectivity index (χ0) is 18.2. The third-order valence-electron chi connectivity index (χ3n) is 3.88. The molecule has 2 aromatic rings. The van der Waals surface area contributed by atoms with Crippen molar-refractivity contribution in [2.75, 3.05) is 6.61 Å². The molecule has 0 unspecified atom stereocenters. The van der Waals surface area contributed by atoms with Crippen LogP contribution in [0.1, 0.15) is 47.3 Å². The molecule has 0 fully saturated rings. The summed E-state index contributed by atoms with van der Waals surface area (Å²) in [6.07, 6.45) is 2.67. The predicted molar refractivity (Wildman–Crippen MR) is 102 cm³/mol. The smallest absolute Gasteiger partial charge is 0.271 e. The van der Waals surface area contributed by atoms with Crippen LogP contribution in [-0.2, 0) is 0 Å². The second kappa shape index (κ2) is 9.02. The molecule has 0 heterocycles. The molecule has 2 aromatic carbocycles. The fourth-order valence-corrected chi connectivity index (χ4v) is 2.31. The molecule has 0 saturated heterocycles. The molecule has 0 aromatic heterocycles. The average molecular weight is 338 g/mol. The summed E-state index contributed by atoms with van der Waals surface area (Å²) in [5.74, 6) is 1.14. The standard InChI is InChI=1S/C21H26N2O2/c1-15(2)11-12-25-20-9-7-18(8-10-20)21(24)23-22-14-19-6-5-16(3)13-17(19)4/h5-10,13-15H,11-12H2,1-4H3,(H,23,24). The Morgan fingerprint density at radius 1 is 1.16 bits per heavy atom. The van der Waals surface area contributed by atoms with E-state index in [2.05, 4.69) is 30.4 Å². The maximum absolute atomic E-state index is 12.1. The van der Waals surface area contributed by atoms with Crippen LogP contribution in [0.15, 0.2) is 47.6 Å². The van der Waals surface area contributed by atoms with Gasteiger partial charge < -0.3 is 4.74 Å². The molecule has 0 aliphatic carbocycles. The van der Waals surface area contributed by atoms with Crippen molar-refractivity contribution in [2.24, 2.45) is 11.0 Å². The second-order valence-corrected chi connectivity index (χ2v) is 6.61. The van der Waals surface area contributed by atoms with Gasteiger partial charge in [-0.1, -0.05) is 37.6 Å². The van der Waals surface area contributed by atoms with Crippen LogP contribution in [0.2, 0.25) is 0 Å². The number of amides is 1. The van der Waals surface area contributed by atoms with Crippen LogP contribution in [0, 0.1) is 19.8 Å². The lowest BCUT2D eigenvalue weighted by atomic mass is 10.1. The number of carbonyl (C=O) groups excluding carboxylic acids is 1. The highest BCUT2D eigenvalue weighted by Crippen LogP contribution is 2.13. The highest BCUT2D eigenvalue weighted by Gasteiger charge is 2.05. The number of nitrogens with one attached hydrogen (secondary N) is 1. The molecule has 0 aliphatic rings. The van der Waals surface area contributed by atoms with Crippen LogP contribution in [-0.4, -0.2) is 18.7 Å². The van der Waals surface area contributed by atoms with Gasteiger partial charge in [0.05, 0.1) is 12.8 Å². The fourth-order valence-electron chi connectivity index (χ4n) is 2.31. The minimum absolute atomic E-state index is 0.241. The summed E-state index contributed by atoms with van der Waals surface area (Å²) in [5.41, 5.74) is 6.42. The molecule has 0 aliphatic heterocycles. The van der Waals surface area contributed by atoms with Gasteiger partial charge in [0.25, 0.3) is 5.91 Å². The lowest BCUT2D eigenvalue weighted by Crippen LogP contribution is -2.17. The first-order chi connectivity index (χ1) is 12.0. The summed E-state index contributed by atoms with van der Waals surface area (Å²) in [6, 6.07) is 13.2. The molecule has 0 bridgehead atoms. The summed E-state index contributed by atoms with van der Waals surface area (Å²) < 4.78 is 5.65. The molecule has 0 saturated carbocycles. The van der Waals surface area contributed by atoms with Gasteiger partial charge >= 0.3 is 0 Å². The van der Waals surface area contributed by atoms with E-state index in [-0.39, 0.29) is 5.91 Å². The van der Waals surface area contributed by atoms with Gasteiger partial charge in [-0.15, -0.1) is 0 Å². The van der Waals surface area contributed by atoms with E-state index in [0.29, 0.717) is 18.1 Å². The lowest BCUT2D eigenvalue weighted by molar-refractivity contribution is 0.0955. The van der Waals surface area contributed by atoms with Crippen molar-refractivity contribution < 1.29 is 9.53 Å². The monoisotopic (exact) mass is 338 g/mol. The molecule has 1 N–H and O–H groups in total. The normalized spacial score (nSPS) is 11.1. The number of benzene rings is 2. The van der Waals surface area contributed by atoms with Gasteiger partial charge in [0.1, 0.15) is 5.75 Å². The average Bonchev–Trinajstić information content (AvgIpc) is 2.57. The van der Waals surface area contributed by atoms with E-state index in [1.165, 1.54) is 5.56 Å². The Labute approximate surface area is 149 Å². The van der Waals surface area contributed by atoms with E-state index in [1.54, 1.807) is 18.3 Å². The van der Waals surface area contributed by atoms with E-state index in [1.807, 2.05) is 38.1 Å². The summed E-state index contributed by atoms with van der Waals surface area (Å²) in [5, 5.41) is 4.04. The van der Waals surface area contributed by atoms with Crippen molar-refractivity contribution in [3.8, 4) is 5.75 Å². The number of hydrogen-bond donors (Lipinski definition) is 1. The first-order valence-corrected chi connectivity index (χ1v) is 8.59.